The first kappa shape index (κ1) is 13.4. The van der Waals surface area contributed by atoms with E-state index in [2.05, 4.69) is 19.9 Å². The molecule has 1 atom stereocenters. The summed E-state index contributed by atoms with van der Waals surface area (Å²) in [5.74, 6) is 0.0481. The Morgan fingerprint density at radius 1 is 1.10 bits per heavy atom. The average Bonchev–Trinajstić information content (AvgIpc) is 2.56. The van der Waals surface area contributed by atoms with Gasteiger partial charge in [0.1, 0.15) is 6.10 Å². The summed E-state index contributed by atoms with van der Waals surface area (Å²) in [4.78, 5) is 30.1. The van der Waals surface area contributed by atoms with E-state index in [0.29, 0.717) is 19.1 Å². The molecule has 1 aliphatic rings. The van der Waals surface area contributed by atoms with Crippen molar-refractivity contribution in [2.75, 3.05) is 13.1 Å². The molecule has 1 aliphatic heterocycles. The van der Waals surface area contributed by atoms with Gasteiger partial charge in [-0.2, -0.15) is 0 Å². The first-order chi connectivity index (χ1) is 10.3. The maximum absolute atomic E-state index is 12.3. The number of piperidine rings is 1. The van der Waals surface area contributed by atoms with Crippen LogP contribution >= 0.6 is 0 Å². The molecule has 7 nitrogen and oxygen atoms in total. The summed E-state index contributed by atoms with van der Waals surface area (Å²) < 4.78 is 5.71. The third-order valence-electron chi connectivity index (χ3n) is 3.24. The van der Waals surface area contributed by atoms with E-state index in [0.717, 1.165) is 12.8 Å². The zero-order valence-electron chi connectivity index (χ0n) is 11.4. The summed E-state index contributed by atoms with van der Waals surface area (Å²) in [5.41, 5.74) is 0. The number of rotatable bonds is 3. The van der Waals surface area contributed by atoms with Crippen molar-refractivity contribution in [3.05, 3.63) is 42.7 Å². The minimum Gasteiger partial charge on any atom is -0.458 e. The van der Waals surface area contributed by atoms with E-state index in [4.69, 9.17) is 4.74 Å². The minimum atomic E-state index is -0.169. The van der Waals surface area contributed by atoms with Gasteiger partial charge >= 0.3 is 6.01 Å². The van der Waals surface area contributed by atoms with E-state index in [1.165, 1.54) is 0 Å². The van der Waals surface area contributed by atoms with Gasteiger partial charge in [-0.05, 0) is 25.0 Å². The van der Waals surface area contributed by atoms with Gasteiger partial charge in [0.15, 0.2) is 0 Å². The summed E-state index contributed by atoms with van der Waals surface area (Å²) >= 11 is 0. The third kappa shape index (κ3) is 3.31. The monoisotopic (exact) mass is 285 g/mol. The van der Waals surface area contributed by atoms with Crippen molar-refractivity contribution >= 4 is 5.91 Å². The second-order valence-electron chi connectivity index (χ2n) is 4.74. The minimum absolute atomic E-state index is 0.103. The second kappa shape index (κ2) is 6.25. The number of likely N-dealkylation sites (tertiary alicyclic amines) is 1. The molecule has 0 spiro atoms. The Labute approximate surface area is 122 Å². The molecule has 2 aromatic heterocycles. The highest BCUT2D eigenvalue weighted by molar-refractivity contribution is 5.90. The van der Waals surface area contributed by atoms with E-state index < -0.39 is 0 Å². The van der Waals surface area contributed by atoms with E-state index in [1.807, 2.05) is 0 Å². The van der Waals surface area contributed by atoms with Gasteiger partial charge in [0.2, 0.25) is 5.82 Å². The number of hydrogen-bond donors (Lipinski definition) is 0. The molecule has 1 fully saturated rings. The van der Waals surface area contributed by atoms with Crippen molar-refractivity contribution in [1.29, 1.82) is 0 Å². The lowest BCUT2D eigenvalue weighted by Gasteiger charge is -2.31. The molecule has 1 saturated heterocycles. The van der Waals surface area contributed by atoms with Crippen LogP contribution in [0.3, 0.4) is 0 Å². The Hall–Kier alpha value is -2.57. The van der Waals surface area contributed by atoms with E-state index in [-0.39, 0.29) is 17.8 Å². The third-order valence-corrected chi connectivity index (χ3v) is 3.24. The van der Waals surface area contributed by atoms with E-state index in [1.54, 1.807) is 41.8 Å². The molecule has 0 aromatic carbocycles. The first-order valence-corrected chi connectivity index (χ1v) is 6.83. The fourth-order valence-corrected chi connectivity index (χ4v) is 2.27. The lowest BCUT2D eigenvalue weighted by atomic mass is 10.1. The van der Waals surface area contributed by atoms with Gasteiger partial charge in [0, 0.05) is 31.3 Å². The lowest BCUT2D eigenvalue weighted by molar-refractivity contribution is 0.0505. The SMILES string of the molecule is O=C(c1ncccn1)N1CCCC(Oc2ncccn2)C1. The van der Waals surface area contributed by atoms with Crippen LogP contribution in [0.5, 0.6) is 6.01 Å². The summed E-state index contributed by atoms with van der Waals surface area (Å²) in [7, 11) is 0. The van der Waals surface area contributed by atoms with Gasteiger partial charge in [-0.15, -0.1) is 0 Å². The summed E-state index contributed by atoms with van der Waals surface area (Å²) in [6, 6.07) is 3.76. The summed E-state index contributed by atoms with van der Waals surface area (Å²) in [6.07, 6.45) is 8.03. The van der Waals surface area contributed by atoms with Crippen molar-refractivity contribution < 1.29 is 9.53 Å². The smallest absolute Gasteiger partial charge is 0.316 e. The highest BCUT2D eigenvalue weighted by Gasteiger charge is 2.27. The molecule has 108 valence electrons. The maximum atomic E-state index is 12.3. The van der Waals surface area contributed by atoms with Crippen LogP contribution in [-0.2, 0) is 0 Å². The van der Waals surface area contributed by atoms with Crippen LogP contribution in [0.1, 0.15) is 23.5 Å². The number of carbonyl (C=O) groups excluding carboxylic acids is 1. The fourth-order valence-electron chi connectivity index (χ4n) is 2.27. The Morgan fingerprint density at radius 2 is 1.76 bits per heavy atom. The molecule has 0 radical (unpaired) electrons. The van der Waals surface area contributed by atoms with Crippen LogP contribution in [-0.4, -0.2) is 49.9 Å². The van der Waals surface area contributed by atoms with Crippen LogP contribution < -0.4 is 4.74 Å². The van der Waals surface area contributed by atoms with Crippen LogP contribution in [0.4, 0.5) is 0 Å². The Bertz CT molecular complexity index is 593. The molecule has 0 bridgehead atoms. The van der Waals surface area contributed by atoms with Gasteiger partial charge < -0.3 is 9.64 Å². The Balaban J connectivity index is 1.64. The first-order valence-electron chi connectivity index (χ1n) is 6.83. The van der Waals surface area contributed by atoms with Crippen molar-refractivity contribution in [3.63, 3.8) is 0 Å². The predicted octanol–water partition coefficient (Wildman–Crippen LogP) is 0.950. The lowest BCUT2D eigenvalue weighted by Crippen LogP contribution is -2.45. The molecule has 7 heteroatoms. The molecule has 3 heterocycles. The zero-order chi connectivity index (χ0) is 14.5. The molecule has 0 N–H and O–H groups in total. The molecule has 1 amide bonds. The summed E-state index contributed by atoms with van der Waals surface area (Å²) in [5, 5.41) is 0. The highest BCUT2D eigenvalue weighted by Crippen LogP contribution is 2.16. The topological polar surface area (TPSA) is 81.1 Å². The number of aromatic nitrogens is 4. The molecule has 1 unspecified atom stereocenters. The predicted molar refractivity (Wildman–Crippen MR) is 73.6 cm³/mol. The average molecular weight is 285 g/mol. The maximum Gasteiger partial charge on any atom is 0.316 e. The largest absolute Gasteiger partial charge is 0.458 e. The zero-order valence-corrected chi connectivity index (χ0v) is 11.4. The van der Waals surface area contributed by atoms with Gasteiger partial charge in [0.05, 0.1) is 6.54 Å². The molecule has 21 heavy (non-hydrogen) atoms. The van der Waals surface area contributed by atoms with Gasteiger partial charge in [-0.3, -0.25) is 4.79 Å². The van der Waals surface area contributed by atoms with Gasteiger partial charge in [-0.1, -0.05) is 0 Å². The van der Waals surface area contributed by atoms with Crippen molar-refractivity contribution in [2.45, 2.75) is 18.9 Å². The molecule has 2 aromatic rings. The normalized spacial score (nSPS) is 18.3. The molecular formula is C14H15N5O2. The fraction of sp³-hybridized carbons (Fsp3) is 0.357. The number of ether oxygens (including phenoxy) is 1. The van der Waals surface area contributed by atoms with Crippen molar-refractivity contribution in [1.82, 2.24) is 24.8 Å². The van der Waals surface area contributed by atoms with Gasteiger partial charge in [0.25, 0.3) is 5.91 Å². The van der Waals surface area contributed by atoms with E-state index in [9.17, 15) is 4.79 Å². The molecule has 3 rings (SSSR count). The number of carbonyl (C=O) groups is 1. The number of hydrogen-bond acceptors (Lipinski definition) is 6. The van der Waals surface area contributed by atoms with Crippen LogP contribution in [0.2, 0.25) is 0 Å². The molecule has 0 saturated carbocycles. The van der Waals surface area contributed by atoms with Crippen LogP contribution in [0.25, 0.3) is 0 Å². The second-order valence-corrected chi connectivity index (χ2v) is 4.74. The molecule has 0 aliphatic carbocycles. The van der Waals surface area contributed by atoms with Crippen molar-refractivity contribution in [2.24, 2.45) is 0 Å². The Kier molecular flexibility index (Phi) is 3.99. The van der Waals surface area contributed by atoms with Crippen LogP contribution in [0.15, 0.2) is 36.9 Å². The molecular weight excluding hydrogens is 270 g/mol. The van der Waals surface area contributed by atoms with Gasteiger partial charge in [-0.25, -0.2) is 19.9 Å². The van der Waals surface area contributed by atoms with Crippen LogP contribution in [0, 0.1) is 0 Å². The number of nitrogens with zero attached hydrogens (tertiary/aromatic N) is 5. The summed E-state index contributed by atoms with van der Waals surface area (Å²) in [6.45, 7) is 1.18. The highest BCUT2D eigenvalue weighted by atomic mass is 16.5. The Morgan fingerprint density at radius 3 is 2.48 bits per heavy atom. The number of amides is 1. The van der Waals surface area contributed by atoms with E-state index >= 15 is 0 Å². The van der Waals surface area contributed by atoms with Crippen molar-refractivity contribution in [3.8, 4) is 6.01 Å². The quantitative estimate of drug-likeness (QED) is 0.835. The standard InChI is InChI=1S/C14H15N5O2/c20-13(12-15-5-2-6-16-12)19-9-1-4-11(10-19)21-14-17-7-3-8-18-14/h2-3,5-8,11H,1,4,9-10H2.